The molecule has 0 radical (unpaired) electrons. The number of H-pyrrole nitrogens is 1. The van der Waals surface area contributed by atoms with Gasteiger partial charge in [-0.1, -0.05) is 13.8 Å². The fraction of sp³-hybridized carbons (Fsp3) is 0.143. The number of pyridine rings is 1. The maximum atomic E-state index is 13.0. The van der Waals surface area contributed by atoms with Crippen molar-refractivity contribution in [1.29, 1.82) is 5.26 Å². The molecular formula is C14H12F2N2O. The second-order valence-electron chi connectivity index (χ2n) is 3.38. The van der Waals surface area contributed by atoms with Crippen LogP contribution < -0.4 is 5.56 Å². The van der Waals surface area contributed by atoms with Crippen LogP contribution in [0.3, 0.4) is 0 Å². The van der Waals surface area contributed by atoms with Gasteiger partial charge in [0.05, 0.1) is 11.3 Å². The molecule has 1 heterocycles. The number of aromatic nitrogens is 1. The van der Waals surface area contributed by atoms with E-state index in [4.69, 9.17) is 5.26 Å². The van der Waals surface area contributed by atoms with Gasteiger partial charge in [-0.3, -0.25) is 4.79 Å². The zero-order valence-corrected chi connectivity index (χ0v) is 10.5. The Morgan fingerprint density at radius 1 is 1.11 bits per heavy atom. The van der Waals surface area contributed by atoms with Crippen LogP contribution >= 0.6 is 0 Å². The van der Waals surface area contributed by atoms with Gasteiger partial charge in [0.1, 0.15) is 17.7 Å². The molecule has 3 nitrogen and oxygen atoms in total. The molecule has 0 aliphatic rings. The van der Waals surface area contributed by atoms with Crippen LogP contribution in [0.1, 0.15) is 19.4 Å². The van der Waals surface area contributed by atoms with Crippen molar-refractivity contribution >= 4 is 0 Å². The van der Waals surface area contributed by atoms with Gasteiger partial charge in [0.15, 0.2) is 0 Å². The van der Waals surface area contributed by atoms with Gasteiger partial charge in [-0.05, 0) is 18.2 Å². The van der Waals surface area contributed by atoms with Gasteiger partial charge in [0.2, 0.25) is 5.56 Å². The summed E-state index contributed by atoms with van der Waals surface area (Å²) in [5.74, 6) is -1.54. The molecule has 1 aromatic heterocycles. The van der Waals surface area contributed by atoms with Crippen LogP contribution in [-0.2, 0) is 0 Å². The van der Waals surface area contributed by atoms with E-state index in [2.05, 4.69) is 4.98 Å². The van der Waals surface area contributed by atoms with Crippen LogP contribution in [0.15, 0.2) is 35.1 Å². The number of rotatable bonds is 1. The van der Waals surface area contributed by atoms with E-state index in [0.29, 0.717) is 0 Å². The van der Waals surface area contributed by atoms with E-state index in [1.54, 1.807) is 0 Å². The molecule has 0 fully saturated rings. The predicted octanol–water partition coefficient (Wildman–Crippen LogP) is 3.22. The Labute approximate surface area is 109 Å². The first-order valence-electron chi connectivity index (χ1n) is 5.70. The van der Waals surface area contributed by atoms with Gasteiger partial charge in [-0.25, -0.2) is 8.78 Å². The van der Waals surface area contributed by atoms with Crippen LogP contribution in [0.25, 0.3) is 11.3 Å². The summed E-state index contributed by atoms with van der Waals surface area (Å²) in [7, 11) is 0. The summed E-state index contributed by atoms with van der Waals surface area (Å²) >= 11 is 0. The monoisotopic (exact) mass is 262 g/mol. The van der Waals surface area contributed by atoms with Crippen molar-refractivity contribution in [1.82, 2.24) is 4.98 Å². The van der Waals surface area contributed by atoms with Crippen LogP contribution in [-0.4, -0.2) is 4.98 Å². The molecule has 0 spiro atoms. The maximum Gasteiger partial charge on any atom is 0.248 e. The van der Waals surface area contributed by atoms with Crippen molar-refractivity contribution in [2.24, 2.45) is 0 Å². The van der Waals surface area contributed by atoms with E-state index in [1.165, 1.54) is 12.1 Å². The van der Waals surface area contributed by atoms with Crippen molar-refractivity contribution in [3.05, 3.63) is 57.9 Å². The van der Waals surface area contributed by atoms with Gasteiger partial charge >= 0.3 is 0 Å². The molecule has 0 aliphatic carbocycles. The fourth-order valence-electron chi connectivity index (χ4n) is 1.49. The standard InChI is InChI=1S/C12H6F2N2O.C2H6/c13-9-3-8(4-10(14)5-9)12-7(6-15)1-2-11(17)16-12;1-2/h1-5H,(H,16,17);1-2H3. The number of hydrogen-bond donors (Lipinski definition) is 1. The third kappa shape index (κ3) is 3.49. The summed E-state index contributed by atoms with van der Waals surface area (Å²) in [6, 6.07) is 7.15. The molecule has 0 bridgehead atoms. The van der Waals surface area contributed by atoms with E-state index >= 15 is 0 Å². The van der Waals surface area contributed by atoms with Crippen molar-refractivity contribution < 1.29 is 8.78 Å². The van der Waals surface area contributed by atoms with E-state index in [9.17, 15) is 13.6 Å². The second kappa shape index (κ2) is 6.45. The number of benzene rings is 1. The lowest BCUT2D eigenvalue weighted by molar-refractivity contribution is 0.584. The number of aromatic amines is 1. The maximum absolute atomic E-state index is 13.0. The Hall–Kier alpha value is -2.48. The molecule has 0 aliphatic heterocycles. The summed E-state index contributed by atoms with van der Waals surface area (Å²) in [6.07, 6.45) is 0. The number of nitriles is 1. The summed E-state index contributed by atoms with van der Waals surface area (Å²) in [5, 5.41) is 8.85. The Bertz CT molecular complexity index is 652. The minimum Gasteiger partial charge on any atom is -0.321 e. The predicted molar refractivity (Wildman–Crippen MR) is 68.5 cm³/mol. The lowest BCUT2D eigenvalue weighted by atomic mass is 10.1. The van der Waals surface area contributed by atoms with Crippen LogP contribution in [0.2, 0.25) is 0 Å². The van der Waals surface area contributed by atoms with Crippen LogP contribution in [0, 0.1) is 23.0 Å². The smallest absolute Gasteiger partial charge is 0.248 e. The third-order valence-electron chi connectivity index (χ3n) is 2.19. The highest BCUT2D eigenvalue weighted by Gasteiger charge is 2.08. The average Bonchev–Trinajstić information content (AvgIpc) is 2.40. The van der Waals surface area contributed by atoms with Crippen molar-refractivity contribution in [3.63, 3.8) is 0 Å². The second-order valence-corrected chi connectivity index (χ2v) is 3.38. The quantitative estimate of drug-likeness (QED) is 0.857. The Kier molecular flexibility index (Phi) is 4.95. The van der Waals surface area contributed by atoms with Gasteiger partial charge < -0.3 is 4.98 Å². The highest BCUT2D eigenvalue weighted by atomic mass is 19.1. The van der Waals surface area contributed by atoms with E-state index in [1.807, 2.05) is 19.9 Å². The summed E-state index contributed by atoms with van der Waals surface area (Å²) in [5.41, 5.74) is -0.0616. The van der Waals surface area contributed by atoms with Crippen LogP contribution in [0.5, 0.6) is 0 Å². The zero-order chi connectivity index (χ0) is 14.4. The molecule has 0 saturated heterocycles. The normalized spacial score (nSPS) is 9.21. The Balaban J connectivity index is 0.000000861. The summed E-state index contributed by atoms with van der Waals surface area (Å²) < 4.78 is 26.1. The molecule has 0 unspecified atom stereocenters. The SMILES string of the molecule is CC.N#Cc1ccc(=O)[nH]c1-c1cc(F)cc(F)c1. The van der Waals surface area contributed by atoms with Gasteiger partial charge in [-0.2, -0.15) is 5.26 Å². The van der Waals surface area contributed by atoms with E-state index in [0.717, 1.165) is 18.2 Å². The first-order valence-corrected chi connectivity index (χ1v) is 5.70. The minimum absolute atomic E-state index is 0.110. The molecule has 98 valence electrons. The molecule has 1 N–H and O–H groups in total. The van der Waals surface area contributed by atoms with Crippen molar-refractivity contribution in [2.75, 3.05) is 0 Å². The number of hydrogen-bond acceptors (Lipinski definition) is 2. The molecule has 5 heteroatoms. The highest BCUT2D eigenvalue weighted by molar-refractivity contribution is 5.66. The van der Waals surface area contributed by atoms with Crippen LogP contribution in [0.4, 0.5) is 8.78 Å². The molecular weight excluding hydrogens is 250 g/mol. The molecule has 0 atom stereocenters. The van der Waals surface area contributed by atoms with E-state index < -0.39 is 17.2 Å². The first-order chi connectivity index (χ1) is 9.10. The highest BCUT2D eigenvalue weighted by Crippen LogP contribution is 2.21. The molecule has 19 heavy (non-hydrogen) atoms. The fourth-order valence-corrected chi connectivity index (χ4v) is 1.49. The Morgan fingerprint density at radius 2 is 1.68 bits per heavy atom. The largest absolute Gasteiger partial charge is 0.321 e. The van der Waals surface area contributed by atoms with Gasteiger partial charge in [0.25, 0.3) is 0 Å². The molecule has 0 amide bonds. The Morgan fingerprint density at radius 3 is 2.21 bits per heavy atom. The number of halogens is 2. The molecule has 2 rings (SSSR count). The van der Waals surface area contributed by atoms with Crippen molar-refractivity contribution in [3.8, 4) is 17.3 Å². The van der Waals surface area contributed by atoms with Gasteiger partial charge in [0, 0.05) is 17.7 Å². The molecule has 0 saturated carbocycles. The third-order valence-corrected chi connectivity index (χ3v) is 2.19. The van der Waals surface area contributed by atoms with Crippen molar-refractivity contribution in [2.45, 2.75) is 13.8 Å². The molecule has 2 aromatic rings. The molecule has 1 aromatic carbocycles. The topological polar surface area (TPSA) is 56.6 Å². The van der Waals surface area contributed by atoms with E-state index in [-0.39, 0.29) is 16.8 Å². The number of nitrogens with zero attached hydrogens (tertiary/aromatic N) is 1. The van der Waals surface area contributed by atoms with Gasteiger partial charge in [-0.15, -0.1) is 0 Å². The minimum atomic E-state index is -0.770. The average molecular weight is 262 g/mol. The lowest BCUT2D eigenvalue weighted by Gasteiger charge is -2.04. The zero-order valence-electron chi connectivity index (χ0n) is 10.5. The summed E-state index contributed by atoms with van der Waals surface area (Å²) in [4.78, 5) is 13.5. The lowest BCUT2D eigenvalue weighted by Crippen LogP contribution is -2.06. The first kappa shape index (κ1) is 14.6. The number of nitrogens with one attached hydrogen (secondary N) is 1. The summed E-state index contributed by atoms with van der Waals surface area (Å²) in [6.45, 7) is 4.00.